The molecule has 3 N–H and O–H groups in total. The quantitative estimate of drug-likeness (QED) is 0.562. The first-order chi connectivity index (χ1) is 9.15. The van der Waals surface area contributed by atoms with Gasteiger partial charge in [0.25, 0.3) is 5.91 Å². The SMILES string of the molecule is CCCCOCCCNC(=O)c1cc(N)ccc1F. The van der Waals surface area contributed by atoms with Crippen LogP contribution in [0.1, 0.15) is 36.5 Å². The largest absolute Gasteiger partial charge is 0.399 e. The van der Waals surface area contributed by atoms with Gasteiger partial charge >= 0.3 is 0 Å². The minimum Gasteiger partial charge on any atom is -0.399 e. The van der Waals surface area contributed by atoms with E-state index in [1.807, 2.05) is 0 Å². The van der Waals surface area contributed by atoms with E-state index in [1.165, 1.54) is 18.2 Å². The molecule has 1 rings (SSSR count). The van der Waals surface area contributed by atoms with E-state index in [2.05, 4.69) is 12.2 Å². The molecule has 0 unspecified atom stereocenters. The maximum absolute atomic E-state index is 13.4. The molecule has 0 radical (unpaired) electrons. The molecule has 1 aromatic rings. The van der Waals surface area contributed by atoms with Gasteiger partial charge in [-0.05, 0) is 31.0 Å². The van der Waals surface area contributed by atoms with Gasteiger partial charge in [-0.3, -0.25) is 4.79 Å². The van der Waals surface area contributed by atoms with Crippen LogP contribution >= 0.6 is 0 Å². The number of nitrogens with two attached hydrogens (primary N) is 1. The number of rotatable bonds is 8. The predicted octanol–water partition coefficient (Wildman–Crippen LogP) is 2.34. The number of nitrogens with one attached hydrogen (secondary N) is 1. The van der Waals surface area contributed by atoms with Crippen molar-refractivity contribution in [3.8, 4) is 0 Å². The normalized spacial score (nSPS) is 10.4. The van der Waals surface area contributed by atoms with Crippen LogP contribution in [0.4, 0.5) is 10.1 Å². The molecule has 0 aliphatic rings. The molecule has 0 aromatic heterocycles. The smallest absolute Gasteiger partial charge is 0.254 e. The number of hydrogen-bond acceptors (Lipinski definition) is 3. The number of carbonyl (C=O) groups excluding carboxylic acids is 1. The van der Waals surface area contributed by atoms with Crippen LogP contribution in [0.3, 0.4) is 0 Å². The van der Waals surface area contributed by atoms with E-state index in [4.69, 9.17) is 10.5 Å². The molecule has 0 atom stereocenters. The van der Waals surface area contributed by atoms with E-state index in [0.717, 1.165) is 19.4 Å². The van der Waals surface area contributed by atoms with Crippen LogP contribution in [-0.2, 0) is 4.74 Å². The Morgan fingerprint density at radius 3 is 2.84 bits per heavy atom. The van der Waals surface area contributed by atoms with Gasteiger partial charge < -0.3 is 15.8 Å². The summed E-state index contributed by atoms with van der Waals surface area (Å²) in [7, 11) is 0. The third-order valence-corrected chi connectivity index (χ3v) is 2.63. The van der Waals surface area contributed by atoms with E-state index in [-0.39, 0.29) is 5.56 Å². The van der Waals surface area contributed by atoms with Crippen LogP contribution < -0.4 is 11.1 Å². The van der Waals surface area contributed by atoms with Crippen molar-refractivity contribution < 1.29 is 13.9 Å². The fraction of sp³-hybridized carbons (Fsp3) is 0.500. The molecule has 0 bridgehead atoms. The van der Waals surface area contributed by atoms with Crippen molar-refractivity contribution in [1.29, 1.82) is 0 Å². The molecule has 0 saturated heterocycles. The lowest BCUT2D eigenvalue weighted by atomic mass is 10.1. The highest BCUT2D eigenvalue weighted by Gasteiger charge is 2.11. The molecule has 0 spiro atoms. The predicted molar refractivity (Wildman–Crippen MR) is 73.5 cm³/mol. The van der Waals surface area contributed by atoms with Crippen molar-refractivity contribution in [3.05, 3.63) is 29.6 Å². The number of benzene rings is 1. The van der Waals surface area contributed by atoms with Gasteiger partial charge in [0.05, 0.1) is 5.56 Å². The van der Waals surface area contributed by atoms with Crippen LogP contribution in [-0.4, -0.2) is 25.7 Å². The first-order valence-electron chi connectivity index (χ1n) is 6.56. The number of hydrogen-bond donors (Lipinski definition) is 2. The van der Waals surface area contributed by atoms with Gasteiger partial charge in [0.1, 0.15) is 5.82 Å². The van der Waals surface area contributed by atoms with Crippen LogP contribution in [0, 0.1) is 5.82 Å². The summed E-state index contributed by atoms with van der Waals surface area (Å²) in [6.07, 6.45) is 2.85. The molecular weight excluding hydrogens is 247 g/mol. The first-order valence-corrected chi connectivity index (χ1v) is 6.56. The highest BCUT2D eigenvalue weighted by molar-refractivity contribution is 5.95. The lowest BCUT2D eigenvalue weighted by Gasteiger charge is -2.07. The summed E-state index contributed by atoms with van der Waals surface area (Å²) in [5.41, 5.74) is 5.87. The average Bonchev–Trinajstić information content (AvgIpc) is 2.40. The lowest BCUT2D eigenvalue weighted by Crippen LogP contribution is -2.26. The highest BCUT2D eigenvalue weighted by Crippen LogP contribution is 2.11. The van der Waals surface area contributed by atoms with Gasteiger partial charge in [0.2, 0.25) is 0 Å². The Kier molecular flexibility index (Phi) is 6.89. The number of amides is 1. The molecule has 0 aliphatic carbocycles. The summed E-state index contributed by atoms with van der Waals surface area (Å²) in [5, 5.41) is 2.64. The molecule has 106 valence electrons. The van der Waals surface area contributed by atoms with Crippen molar-refractivity contribution in [2.45, 2.75) is 26.2 Å². The summed E-state index contributed by atoms with van der Waals surface area (Å²) in [6, 6.07) is 3.95. The molecule has 5 heteroatoms. The molecule has 1 amide bonds. The van der Waals surface area contributed by atoms with Gasteiger partial charge in [-0.15, -0.1) is 0 Å². The van der Waals surface area contributed by atoms with Crippen molar-refractivity contribution in [1.82, 2.24) is 5.32 Å². The van der Waals surface area contributed by atoms with Gasteiger partial charge in [-0.2, -0.15) is 0 Å². The van der Waals surface area contributed by atoms with Crippen LogP contribution in [0.25, 0.3) is 0 Å². The van der Waals surface area contributed by atoms with Crippen molar-refractivity contribution in [2.75, 3.05) is 25.5 Å². The van der Waals surface area contributed by atoms with Crippen LogP contribution in [0.5, 0.6) is 0 Å². The van der Waals surface area contributed by atoms with Gasteiger partial charge in [0.15, 0.2) is 0 Å². The van der Waals surface area contributed by atoms with E-state index in [9.17, 15) is 9.18 Å². The van der Waals surface area contributed by atoms with Crippen LogP contribution in [0.15, 0.2) is 18.2 Å². The fourth-order valence-electron chi connectivity index (χ4n) is 1.54. The van der Waals surface area contributed by atoms with E-state index in [1.54, 1.807) is 0 Å². The molecular formula is C14H21FN2O2. The number of unbranched alkanes of at least 4 members (excludes halogenated alkanes) is 1. The minimum atomic E-state index is -0.564. The molecule has 0 heterocycles. The molecule has 0 saturated carbocycles. The van der Waals surface area contributed by atoms with E-state index >= 15 is 0 Å². The second kappa shape index (κ2) is 8.48. The van der Waals surface area contributed by atoms with Crippen molar-refractivity contribution in [3.63, 3.8) is 0 Å². The third kappa shape index (κ3) is 5.70. The van der Waals surface area contributed by atoms with Crippen LogP contribution in [0.2, 0.25) is 0 Å². The Balaban J connectivity index is 2.26. The Morgan fingerprint density at radius 1 is 1.37 bits per heavy atom. The number of anilines is 1. The molecule has 19 heavy (non-hydrogen) atoms. The summed E-state index contributed by atoms with van der Waals surface area (Å²) < 4.78 is 18.8. The Morgan fingerprint density at radius 2 is 2.11 bits per heavy atom. The highest BCUT2D eigenvalue weighted by atomic mass is 19.1. The number of ether oxygens (including phenoxy) is 1. The Hall–Kier alpha value is -1.62. The van der Waals surface area contributed by atoms with Gasteiger partial charge in [-0.25, -0.2) is 4.39 Å². The summed E-state index contributed by atoms with van der Waals surface area (Å²) in [6.45, 7) is 3.90. The zero-order valence-corrected chi connectivity index (χ0v) is 11.2. The molecule has 1 aromatic carbocycles. The first kappa shape index (κ1) is 15.4. The Bertz CT molecular complexity index is 410. The zero-order chi connectivity index (χ0) is 14.1. The minimum absolute atomic E-state index is 0.0214. The zero-order valence-electron chi connectivity index (χ0n) is 11.2. The van der Waals surface area contributed by atoms with Gasteiger partial charge in [-0.1, -0.05) is 13.3 Å². The number of nitrogen functional groups attached to an aromatic ring is 1. The van der Waals surface area contributed by atoms with E-state index < -0.39 is 11.7 Å². The second-order valence-electron chi connectivity index (χ2n) is 4.31. The summed E-state index contributed by atoms with van der Waals surface area (Å²) >= 11 is 0. The molecule has 4 nitrogen and oxygen atoms in total. The topological polar surface area (TPSA) is 64.3 Å². The monoisotopic (exact) mass is 268 g/mol. The fourth-order valence-corrected chi connectivity index (χ4v) is 1.54. The number of halogens is 1. The van der Waals surface area contributed by atoms with E-state index in [0.29, 0.717) is 25.3 Å². The maximum Gasteiger partial charge on any atom is 0.254 e. The van der Waals surface area contributed by atoms with Gasteiger partial charge in [0, 0.05) is 25.4 Å². The van der Waals surface area contributed by atoms with Crippen molar-refractivity contribution in [2.24, 2.45) is 0 Å². The number of carbonyl (C=O) groups is 1. The van der Waals surface area contributed by atoms with Crippen molar-refractivity contribution >= 4 is 11.6 Å². The average molecular weight is 268 g/mol. The molecule has 0 aliphatic heterocycles. The summed E-state index contributed by atoms with van der Waals surface area (Å²) in [4.78, 5) is 11.7. The summed E-state index contributed by atoms with van der Waals surface area (Å²) in [5.74, 6) is -1.01. The maximum atomic E-state index is 13.4. The standard InChI is InChI=1S/C14H21FN2O2/c1-2-3-8-19-9-4-7-17-14(18)12-10-11(16)5-6-13(12)15/h5-6,10H,2-4,7-9,16H2,1H3,(H,17,18). The Labute approximate surface area is 113 Å². The lowest BCUT2D eigenvalue weighted by molar-refractivity contribution is 0.0936. The third-order valence-electron chi connectivity index (χ3n) is 2.63. The second-order valence-corrected chi connectivity index (χ2v) is 4.31. The molecule has 0 fully saturated rings.